The third-order valence-corrected chi connectivity index (χ3v) is 6.52. The summed E-state index contributed by atoms with van der Waals surface area (Å²) in [7, 11) is 0. The van der Waals surface area contributed by atoms with Crippen LogP contribution in [0.4, 0.5) is 0 Å². The lowest BCUT2D eigenvalue weighted by Gasteiger charge is -2.27. The smallest absolute Gasteiger partial charge is 0.295 e. The Morgan fingerprint density at radius 1 is 0.944 bits per heavy atom. The number of benzene rings is 2. The number of hydrogen-bond donors (Lipinski definition) is 1. The minimum absolute atomic E-state index is 0.0956. The minimum Gasteiger partial charge on any atom is -0.507 e. The highest BCUT2D eigenvalue weighted by Gasteiger charge is 2.46. The van der Waals surface area contributed by atoms with Crippen molar-refractivity contribution in [1.82, 2.24) is 9.80 Å². The fourth-order valence-electron chi connectivity index (χ4n) is 4.57. The largest absolute Gasteiger partial charge is 0.507 e. The van der Waals surface area contributed by atoms with E-state index in [4.69, 9.17) is 9.47 Å². The lowest BCUT2D eigenvalue weighted by Crippen LogP contribution is -2.33. The molecule has 36 heavy (non-hydrogen) atoms. The zero-order valence-electron chi connectivity index (χ0n) is 22.0. The predicted octanol–water partition coefficient (Wildman–Crippen LogP) is 4.95. The molecule has 1 aliphatic heterocycles. The third-order valence-electron chi connectivity index (χ3n) is 6.52. The van der Waals surface area contributed by atoms with E-state index < -0.39 is 17.7 Å². The summed E-state index contributed by atoms with van der Waals surface area (Å²) in [6.45, 7) is 13.9. The van der Waals surface area contributed by atoms with Gasteiger partial charge >= 0.3 is 0 Å². The number of aryl methyl sites for hydroxylation is 1. The molecule has 1 heterocycles. The molecule has 1 fully saturated rings. The third kappa shape index (κ3) is 5.90. The van der Waals surface area contributed by atoms with Crippen molar-refractivity contribution in [1.29, 1.82) is 0 Å². The molecule has 1 atom stereocenters. The van der Waals surface area contributed by atoms with E-state index in [2.05, 4.69) is 18.7 Å². The molecule has 0 aliphatic carbocycles. The van der Waals surface area contributed by atoms with Crippen LogP contribution in [0.15, 0.2) is 48.0 Å². The van der Waals surface area contributed by atoms with E-state index >= 15 is 0 Å². The first-order valence-electron chi connectivity index (χ1n) is 12.8. The molecule has 1 saturated heterocycles. The molecule has 1 amide bonds. The van der Waals surface area contributed by atoms with Crippen LogP contribution in [0.1, 0.15) is 56.8 Å². The van der Waals surface area contributed by atoms with Gasteiger partial charge in [-0.15, -0.1) is 0 Å². The normalized spacial score (nSPS) is 17.2. The van der Waals surface area contributed by atoms with Crippen LogP contribution in [0.5, 0.6) is 11.5 Å². The summed E-state index contributed by atoms with van der Waals surface area (Å²) >= 11 is 0. The van der Waals surface area contributed by atoms with E-state index in [9.17, 15) is 14.7 Å². The first-order chi connectivity index (χ1) is 17.4. The van der Waals surface area contributed by atoms with Gasteiger partial charge < -0.3 is 24.4 Å². The Morgan fingerprint density at radius 3 is 2.19 bits per heavy atom. The van der Waals surface area contributed by atoms with Crippen molar-refractivity contribution in [2.24, 2.45) is 0 Å². The molecule has 0 unspecified atom stereocenters. The highest BCUT2D eigenvalue weighted by molar-refractivity contribution is 6.46. The average molecular weight is 495 g/mol. The van der Waals surface area contributed by atoms with E-state index in [1.165, 1.54) is 0 Å². The first kappa shape index (κ1) is 27.3. The predicted molar refractivity (Wildman–Crippen MR) is 141 cm³/mol. The number of amides is 1. The zero-order chi connectivity index (χ0) is 26.2. The standard InChI is InChI=1S/C29H38N2O5/c1-6-30(7-2)17-10-18-31-26(22-15-16-23(35-8-3)24(19-22)36-9-4)25(28(33)29(31)34)27(32)21-13-11-20(5)12-14-21/h11-16,19,26,32H,6-10,17-18H2,1-5H3/t26-/m0/s1. The Kier molecular flexibility index (Phi) is 9.53. The van der Waals surface area contributed by atoms with E-state index in [1.807, 2.05) is 45.0 Å². The number of rotatable bonds is 12. The van der Waals surface area contributed by atoms with Gasteiger partial charge in [0, 0.05) is 12.1 Å². The van der Waals surface area contributed by atoms with Crippen LogP contribution < -0.4 is 9.47 Å². The molecule has 2 aromatic rings. The van der Waals surface area contributed by atoms with Crippen molar-refractivity contribution in [2.75, 3.05) is 39.4 Å². The van der Waals surface area contributed by atoms with E-state index in [0.29, 0.717) is 48.8 Å². The molecule has 7 heteroatoms. The van der Waals surface area contributed by atoms with E-state index in [1.54, 1.807) is 23.1 Å². The van der Waals surface area contributed by atoms with Crippen LogP contribution in [0.25, 0.3) is 5.76 Å². The molecular weight excluding hydrogens is 456 g/mol. The monoisotopic (exact) mass is 494 g/mol. The summed E-state index contributed by atoms with van der Waals surface area (Å²) in [5, 5.41) is 11.3. The SMILES string of the molecule is CCOc1ccc([C@H]2C(=C(O)c3ccc(C)cc3)C(=O)C(=O)N2CCCN(CC)CC)cc1OCC. The maximum atomic E-state index is 13.3. The molecular formula is C29H38N2O5. The molecule has 1 N–H and O–H groups in total. The zero-order valence-corrected chi connectivity index (χ0v) is 22.0. The number of ketones is 1. The van der Waals surface area contributed by atoms with Crippen molar-refractivity contribution in [2.45, 2.75) is 47.1 Å². The number of Topliss-reactive ketones (excluding diaryl/α,β-unsaturated/α-hetero) is 1. The van der Waals surface area contributed by atoms with Gasteiger partial charge in [0.25, 0.3) is 11.7 Å². The van der Waals surface area contributed by atoms with Gasteiger partial charge in [0.2, 0.25) is 0 Å². The average Bonchev–Trinajstić information content (AvgIpc) is 3.13. The lowest BCUT2D eigenvalue weighted by atomic mass is 9.94. The Labute approximate surface area is 214 Å². The molecule has 0 radical (unpaired) electrons. The Balaban J connectivity index is 2.09. The Hall–Kier alpha value is -3.32. The minimum atomic E-state index is -0.724. The fourth-order valence-corrected chi connectivity index (χ4v) is 4.57. The molecule has 194 valence electrons. The maximum absolute atomic E-state index is 13.3. The van der Waals surface area contributed by atoms with Crippen molar-refractivity contribution < 1.29 is 24.2 Å². The van der Waals surface area contributed by atoms with Gasteiger partial charge in [-0.1, -0.05) is 49.7 Å². The topological polar surface area (TPSA) is 79.3 Å². The quantitative estimate of drug-likeness (QED) is 0.256. The van der Waals surface area contributed by atoms with Crippen LogP contribution in [0, 0.1) is 6.92 Å². The molecule has 0 bridgehead atoms. The van der Waals surface area contributed by atoms with Crippen LogP contribution in [-0.4, -0.2) is 66.0 Å². The number of aliphatic hydroxyl groups is 1. The molecule has 3 rings (SSSR count). The molecule has 0 spiro atoms. The molecule has 0 saturated carbocycles. The number of aliphatic hydroxyl groups excluding tert-OH is 1. The maximum Gasteiger partial charge on any atom is 0.295 e. The summed E-state index contributed by atoms with van der Waals surface area (Å²) in [4.78, 5) is 30.4. The molecule has 7 nitrogen and oxygen atoms in total. The van der Waals surface area contributed by atoms with Gasteiger partial charge in [0.1, 0.15) is 5.76 Å². The summed E-state index contributed by atoms with van der Waals surface area (Å²) < 4.78 is 11.5. The van der Waals surface area contributed by atoms with Crippen molar-refractivity contribution >= 4 is 17.4 Å². The molecule has 1 aliphatic rings. The summed E-state index contributed by atoms with van der Waals surface area (Å²) in [5.41, 5.74) is 2.33. The van der Waals surface area contributed by atoms with Gasteiger partial charge in [-0.2, -0.15) is 0 Å². The first-order valence-corrected chi connectivity index (χ1v) is 12.8. The number of carbonyl (C=O) groups excluding carboxylic acids is 2. The van der Waals surface area contributed by atoms with Gasteiger partial charge in [-0.05, 0) is 64.5 Å². The van der Waals surface area contributed by atoms with Gasteiger partial charge in [-0.25, -0.2) is 0 Å². The number of hydrogen-bond acceptors (Lipinski definition) is 6. The number of ether oxygens (including phenoxy) is 2. The molecule has 0 aromatic heterocycles. The summed E-state index contributed by atoms with van der Waals surface area (Å²) in [6.07, 6.45) is 0.713. The van der Waals surface area contributed by atoms with Gasteiger partial charge in [-0.3, -0.25) is 9.59 Å². The van der Waals surface area contributed by atoms with Crippen LogP contribution in [-0.2, 0) is 9.59 Å². The fraction of sp³-hybridized carbons (Fsp3) is 0.448. The van der Waals surface area contributed by atoms with Crippen molar-refractivity contribution in [3.8, 4) is 11.5 Å². The Bertz CT molecular complexity index is 1090. The number of nitrogens with zero attached hydrogens (tertiary/aromatic N) is 2. The summed E-state index contributed by atoms with van der Waals surface area (Å²) in [6, 6.07) is 12.0. The van der Waals surface area contributed by atoms with Crippen molar-refractivity contribution in [3.63, 3.8) is 0 Å². The summed E-state index contributed by atoms with van der Waals surface area (Å²) in [5.74, 6) is -0.301. The Morgan fingerprint density at radius 2 is 1.58 bits per heavy atom. The van der Waals surface area contributed by atoms with Crippen LogP contribution >= 0.6 is 0 Å². The number of carbonyl (C=O) groups is 2. The highest BCUT2D eigenvalue weighted by Crippen LogP contribution is 2.42. The lowest BCUT2D eigenvalue weighted by molar-refractivity contribution is -0.140. The van der Waals surface area contributed by atoms with E-state index in [-0.39, 0.29) is 11.3 Å². The van der Waals surface area contributed by atoms with E-state index in [0.717, 1.165) is 25.2 Å². The van der Waals surface area contributed by atoms with Crippen LogP contribution in [0.3, 0.4) is 0 Å². The van der Waals surface area contributed by atoms with Gasteiger partial charge in [0.05, 0.1) is 24.8 Å². The highest BCUT2D eigenvalue weighted by atomic mass is 16.5. The van der Waals surface area contributed by atoms with Crippen molar-refractivity contribution in [3.05, 3.63) is 64.7 Å². The second-order valence-corrected chi connectivity index (χ2v) is 8.81. The van der Waals surface area contributed by atoms with Crippen LogP contribution in [0.2, 0.25) is 0 Å². The van der Waals surface area contributed by atoms with Gasteiger partial charge in [0.15, 0.2) is 11.5 Å². The second kappa shape index (κ2) is 12.6. The number of likely N-dealkylation sites (tertiary alicyclic amines) is 1. The second-order valence-electron chi connectivity index (χ2n) is 8.81. The molecule has 2 aromatic carbocycles.